The SMILES string of the molecule is Cc1ncc(NCC2(CO)CC2)nc1C. The highest BCUT2D eigenvalue weighted by Crippen LogP contribution is 2.44. The van der Waals surface area contributed by atoms with Crippen LogP contribution in [0.3, 0.4) is 0 Å². The molecule has 1 aromatic rings. The first-order valence-electron chi connectivity index (χ1n) is 5.30. The topological polar surface area (TPSA) is 58.0 Å². The Hall–Kier alpha value is -1.16. The maximum atomic E-state index is 9.16. The van der Waals surface area contributed by atoms with E-state index in [4.69, 9.17) is 5.11 Å². The lowest BCUT2D eigenvalue weighted by atomic mass is 10.1. The summed E-state index contributed by atoms with van der Waals surface area (Å²) >= 11 is 0. The van der Waals surface area contributed by atoms with Crippen LogP contribution in [0.1, 0.15) is 24.2 Å². The molecule has 1 aliphatic carbocycles. The molecule has 1 aromatic heterocycles. The fourth-order valence-electron chi connectivity index (χ4n) is 1.47. The third kappa shape index (κ3) is 2.26. The Morgan fingerprint density at radius 1 is 1.40 bits per heavy atom. The van der Waals surface area contributed by atoms with Gasteiger partial charge >= 0.3 is 0 Å². The van der Waals surface area contributed by atoms with Crippen molar-refractivity contribution >= 4 is 5.82 Å². The Morgan fingerprint density at radius 2 is 2.13 bits per heavy atom. The molecule has 4 heteroatoms. The van der Waals surface area contributed by atoms with Gasteiger partial charge in [-0.1, -0.05) is 0 Å². The number of aromatic nitrogens is 2. The summed E-state index contributed by atoms with van der Waals surface area (Å²) < 4.78 is 0. The first-order valence-corrected chi connectivity index (χ1v) is 5.30. The van der Waals surface area contributed by atoms with Crippen LogP contribution >= 0.6 is 0 Å². The van der Waals surface area contributed by atoms with E-state index in [-0.39, 0.29) is 12.0 Å². The molecule has 0 amide bonds. The van der Waals surface area contributed by atoms with E-state index in [1.165, 1.54) is 0 Å². The number of hydrogen-bond acceptors (Lipinski definition) is 4. The van der Waals surface area contributed by atoms with Gasteiger partial charge < -0.3 is 10.4 Å². The Labute approximate surface area is 89.8 Å². The molecule has 2 rings (SSSR count). The lowest BCUT2D eigenvalue weighted by Gasteiger charge is -2.13. The minimum atomic E-state index is 0.112. The van der Waals surface area contributed by atoms with Crippen LogP contribution in [0.2, 0.25) is 0 Å². The second-order valence-electron chi connectivity index (χ2n) is 4.44. The molecule has 82 valence electrons. The van der Waals surface area contributed by atoms with Crippen LogP contribution in [0, 0.1) is 19.3 Å². The van der Waals surface area contributed by atoms with Gasteiger partial charge in [-0.2, -0.15) is 0 Å². The summed E-state index contributed by atoms with van der Waals surface area (Å²) in [6, 6.07) is 0. The smallest absolute Gasteiger partial charge is 0.144 e. The average Bonchev–Trinajstić information content (AvgIpc) is 3.01. The molecule has 1 heterocycles. The third-order valence-electron chi connectivity index (χ3n) is 3.13. The molecule has 0 unspecified atom stereocenters. The molecule has 0 spiro atoms. The average molecular weight is 207 g/mol. The van der Waals surface area contributed by atoms with Crippen molar-refractivity contribution in [1.29, 1.82) is 0 Å². The number of aryl methyl sites for hydroxylation is 2. The van der Waals surface area contributed by atoms with Crippen molar-refractivity contribution in [3.63, 3.8) is 0 Å². The lowest BCUT2D eigenvalue weighted by molar-refractivity contribution is 0.219. The van der Waals surface area contributed by atoms with Gasteiger partial charge in [0.2, 0.25) is 0 Å². The fourth-order valence-corrected chi connectivity index (χ4v) is 1.47. The van der Waals surface area contributed by atoms with E-state index >= 15 is 0 Å². The molecule has 15 heavy (non-hydrogen) atoms. The summed E-state index contributed by atoms with van der Waals surface area (Å²) in [5.41, 5.74) is 2.03. The molecular formula is C11H17N3O. The van der Waals surface area contributed by atoms with Crippen molar-refractivity contribution < 1.29 is 5.11 Å². The van der Waals surface area contributed by atoms with E-state index < -0.39 is 0 Å². The van der Waals surface area contributed by atoms with Gasteiger partial charge in [0.1, 0.15) is 5.82 Å². The largest absolute Gasteiger partial charge is 0.396 e. The minimum Gasteiger partial charge on any atom is -0.396 e. The zero-order valence-electron chi connectivity index (χ0n) is 9.25. The summed E-state index contributed by atoms with van der Waals surface area (Å²) in [4.78, 5) is 8.62. The summed E-state index contributed by atoms with van der Waals surface area (Å²) in [5.74, 6) is 0.804. The van der Waals surface area contributed by atoms with Crippen molar-refractivity contribution in [2.24, 2.45) is 5.41 Å². The Kier molecular flexibility index (Phi) is 2.61. The van der Waals surface area contributed by atoms with Gasteiger partial charge in [0, 0.05) is 12.0 Å². The lowest BCUT2D eigenvalue weighted by Crippen LogP contribution is -2.19. The van der Waals surface area contributed by atoms with Crippen LogP contribution in [-0.4, -0.2) is 28.2 Å². The van der Waals surface area contributed by atoms with Gasteiger partial charge in [-0.25, -0.2) is 4.98 Å². The van der Waals surface area contributed by atoms with Gasteiger partial charge in [-0.15, -0.1) is 0 Å². The van der Waals surface area contributed by atoms with Crippen molar-refractivity contribution in [2.75, 3.05) is 18.5 Å². The first kappa shape index (κ1) is 10.4. The Balaban J connectivity index is 1.96. The van der Waals surface area contributed by atoms with Crippen molar-refractivity contribution in [2.45, 2.75) is 26.7 Å². The molecule has 2 N–H and O–H groups in total. The van der Waals surface area contributed by atoms with Crippen LogP contribution in [0.4, 0.5) is 5.82 Å². The van der Waals surface area contributed by atoms with Gasteiger partial charge in [0.15, 0.2) is 0 Å². The van der Waals surface area contributed by atoms with Crippen LogP contribution in [0.25, 0.3) is 0 Å². The summed E-state index contributed by atoms with van der Waals surface area (Å²) in [6.07, 6.45) is 3.96. The fraction of sp³-hybridized carbons (Fsp3) is 0.636. The van der Waals surface area contributed by atoms with E-state index in [0.29, 0.717) is 0 Å². The predicted octanol–water partition coefficient (Wildman–Crippen LogP) is 1.28. The Bertz CT molecular complexity index is 361. The zero-order valence-corrected chi connectivity index (χ0v) is 9.25. The number of nitrogens with zero attached hydrogens (tertiary/aromatic N) is 2. The molecule has 0 atom stereocenters. The van der Waals surface area contributed by atoms with Gasteiger partial charge in [0.05, 0.1) is 24.2 Å². The number of hydrogen-bond donors (Lipinski definition) is 2. The molecule has 1 aliphatic rings. The standard InChI is InChI=1S/C11H17N3O/c1-8-9(2)14-10(5-12-8)13-6-11(7-15)3-4-11/h5,15H,3-4,6-7H2,1-2H3,(H,13,14). The maximum Gasteiger partial charge on any atom is 0.144 e. The van der Waals surface area contributed by atoms with Crippen LogP contribution in [0.5, 0.6) is 0 Å². The second-order valence-corrected chi connectivity index (χ2v) is 4.44. The molecule has 0 radical (unpaired) electrons. The van der Waals surface area contributed by atoms with E-state index in [1.54, 1.807) is 6.20 Å². The second kappa shape index (κ2) is 3.77. The molecule has 0 aliphatic heterocycles. The van der Waals surface area contributed by atoms with Gasteiger partial charge in [-0.05, 0) is 26.7 Å². The summed E-state index contributed by atoms with van der Waals surface area (Å²) in [5, 5.41) is 12.4. The first-order chi connectivity index (χ1) is 7.15. The molecule has 1 saturated carbocycles. The minimum absolute atomic E-state index is 0.112. The number of rotatable bonds is 4. The van der Waals surface area contributed by atoms with Crippen LogP contribution in [0.15, 0.2) is 6.20 Å². The molecule has 0 saturated heterocycles. The van der Waals surface area contributed by atoms with E-state index in [9.17, 15) is 0 Å². The summed E-state index contributed by atoms with van der Waals surface area (Å²) in [7, 11) is 0. The van der Waals surface area contributed by atoms with Crippen molar-refractivity contribution in [1.82, 2.24) is 9.97 Å². The third-order valence-corrected chi connectivity index (χ3v) is 3.13. The highest BCUT2D eigenvalue weighted by atomic mass is 16.3. The Morgan fingerprint density at radius 3 is 2.67 bits per heavy atom. The van der Waals surface area contributed by atoms with E-state index in [1.807, 2.05) is 13.8 Å². The van der Waals surface area contributed by atoms with Gasteiger partial charge in [-0.3, -0.25) is 4.98 Å². The molecular weight excluding hydrogens is 190 g/mol. The van der Waals surface area contributed by atoms with E-state index in [2.05, 4.69) is 15.3 Å². The van der Waals surface area contributed by atoms with Crippen molar-refractivity contribution in [3.05, 3.63) is 17.6 Å². The molecule has 1 fully saturated rings. The van der Waals surface area contributed by atoms with Crippen LogP contribution < -0.4 is 5.32 Å². The predicted molar refractivity (Wildman–Crippen MR) is 58.7 cm³/mol. The monoisotopic (exact) mass is 207 g/mol. The highest BCUT2D eigenvalue weighted by Gasteiger charge is 2.41. The number of aliphatic hydroxyl groups is 1. The quantitative estimate of drug-likeness (QED) is 0.780. The van der Waals surface area contributed by atoms with Crippen molar-refractivity contribution in [3.8, 4) is 0 Å². The maximum absolute atomic E-state index is 9.16. The molecule has 4 nitrogen and oxygen atoms in total. The molecule has 0 aromatic carbocycles. The number of aliphatic hydroxyl groups excluding tert-OH is 1. The van der Waals surface area contributed by atoms with Crippen LogP contribution in [-0.2, 0) is 0 Å². The van der Waals surface area contributed by atoms with Gasteiger partial charge in [0.25, 0.3) is 0 Å². The number of nitrogens with one attached hydrogen (secondary N) is 1. The van der Waals surface area contributed by atoms with E-state index in [0.717, 1.165) is 36.6 Å². The number of anilines is 1. The molecule has 0 bridgehead atoms. The normalized spacial score (nSPS) is 17.5. The highest BCUT2D eigenvalue weighted by molar-refractivity contribution is 5.34. The summed E-state index contributed by atoms with van der Waals surface area (Å²) in [6.45, 7) is 4.95. The zero-order chi connectivity index (χ0) is 10.9.